The van der Waals surface area contributed by atoms with Crippen molar-refractivity contribution in [3.63, 3.8) is 0 Å². The van der Waals surface area contributed by atoms with Crippen LogP contribution in [0.3, 0.4) is 0 Å². The number of fused-ring (bicyclic) bond motifs is 1. The third-order valence-electron chi connectivity index (χ3n) is 4.44. The molecule has 0 unspecified atom stereocenters. The van der Waals surface area contributed by atoms with Crippen LogP contribution >= 0.6 is 0 Å². The molecule has 4 aromatic rings. The number of anilines is 1. The first-order chi connectivity index (χ1) is 13.1. The van der Waals surface area contributed by atoms with Crippen molar-refractivity contribution < 1.29 is 4.79 Å². The number of pyridine rings is 1. The van der Waals surface area contributed by atoms with Crippen molar-refractivity contribution in [3.8, 4) is 0 Å². The van der Waals surface area contributed by atoms with Crippen LogP contribution in [0.1, 0.15) is 27.2 Å². The summed E-state index contributed by atoms with van der Waals surface area (Å²) < 4.78 is 2.10. The molecule has 4 rings (SSSR count). The summed E-state index contributed by atoms with van der Waals surface area (Å²) in [5, 5.41) is 2.86. The molecular formula is C22H20N4O. The second kappa shape index (κ2) is 7.03. The van der Waals surface area contributed by atoms with Gasteiger partial charge in [0.2, 0.25) is 0 Å². The molecule has 0 aliphatic heterocycles. The molecule has 0 saturated carbocycles. The Kier molecular flexibility index (Phi) is 4.42. The minimum atomic E-state index is -0.160. The first-order valence-electron chi connectivity index (χ1n) is 8.84. The van der Waals surface area contributed by atoms with E-state index in [1.54, 1.807) is 0 Å². The molecule has 2 aromatic heterocycles. The van der Waals surface area contributed by atoms with E-state index in [1.165, 1.54) is 0 Å². The Labute approximate surface area is 157 Å². The average Bonchev–Trinajstić information content (AvgIpc) is 3.04. The van der Waals surface area contributed by atoms with Gasteiger partial charge in [0.25, 0.3) is 5.91 Å². The molecule has 0 radical (unpaired) electrons. The highest BCUT2D eigenvalue weighted by molar-refractivity contribution is 6.03. The van der Waals surface area contributed by atoms with Gasteiger partial charge in [0.15, 0.2) is 0 Å². The van der Waals surface area contributed by atoms with E-state index < -0.39 is 0 Å². The number of carbonyl (C=O) groups is 1. The van der Waals surface area contributed by atoms with Gasteiger partial charge in [0, 0.05) is 17.8 Å². The predicted octanol–water partition coefficient (Wildman–Crippen LogP) is 4.35. The highest BCUT2D eigenvalue weighted by Gasteiger charge is 2.08. The fourth-order valence-corrected chi connectivity index (χ4v) is 3.19. The maximum Gasteiger partial charge on any atom is 0.256 e. The first kappa shape index (κ1) is 17.0. The molecule has 2 heterocycles. The molecule has 0 aliphatic carbocycles. The van der Waals surface area contributed by atoms with Crippen molar-refractivity contribution in [3.05, 3.63) is 89.4 Å². The number of para-hydroxylation sites is 2. The fraction of sp³-hybridized carbons (Fsp3) is 0.136. The van der Waals surface area contributed by atoms with Gasteiger partial charge in [-0.3, -0.25) is 4.79 Å². The Morgan fingerprint density at radius 3 is 2.59 bits per heavy atom. The molecule has 134 valence electrons. The molecule has 0 atom stereocenters. The summed E-state index contributed by atoms with van der Waals surface area (Å²) in [6, 6.07) is 19.5. The molecule has 0 bridgehead atoms. The van der Waals surface area contributed by atoms with E-state index in [2.05, 4.69) is 25.9 Å². The molecule has 2 aromatic carbocycles. The number of nitrogens with one attached hydrogen (secondary N) is 1. The molecule has 0 aliphatic rings. The highest BCUT2D eigenvalue weighted by atomic mass is 16.1. The predicted molar refractivity (Wildman–Crippen MR) is 107 cm³/mol. The SMILES string of the molecule is Cc1cc(C)nc(NC(=O)c2ccc(Cn3cnc4ccccc43)cc2)c1. The van der Waals surface area contributed by atoms with E-state index in [1.807, 2.05) is 74.8 Å². The zero-order chi connectivity index (χ0) is 18.8. The topological polar surface area (TPSA) is 59.8 Å². The van der Waals surface area contributed by atoms with Crippen molar-refractivity contribution >= 4 is 22.8 Å². The van der Waals surface area contributed by atoms with Gasteiger partial charge in [-0.25, -0.2) is 9.97 Å². The molecule has 1 amide bonds. The van der Waals surface area contributed by atoms with Gasteiger partial charge in [-0.15, -0.1) is 0 Å². The Morgan fingerprint density at radius 1 is 1.04 bits per heavy atom. The Bertz CT molecular complexity index is 1090. The van der Waals surface area contributed by atoms with E-state index in [9.17, 15) is 4.79 Å². The van der Waals surface area contributed by atoms with Gasteiger partial charge in [0.05, 0.1) is 17.4 Å². The number of imidazole rings is 1. The van der Waals surface area contributed by atoms with Crippen LogP contribution in [0.2, 0.25) is 0 Å². The van der Waals surface area contributed by atoms with Crippen molar-refractivity contribution in [2.24, 2.45) is 0 Å². The van der Waals surface area contributed by atoms with E-state index >= 15 is 0 Å². The van der Waals surface area contributed by atoms with Crippen LogP contribution in [0, 0.1) is 13.8 Å². The van der Waals surface area contributed by atoms with Crippen LogP contribution < -0.4 is 5.32 Å². The van der Waals surface area contributed by atoms with Gasteiger partial charge in [-0.05, 0) is 61.4 Å². The monoisotopic (exact) mass is 356 g/mol. The number of aromatic nitrogens is 3. The lowest BCUT2D eigenvalue weighted by atomic mass is 10.1. The van der Waals surface area contributed by atoms with Crippen LogP contribution in [0.5, 0.6) is 0 Å². The van der Waals surface area contributed by atoms with E-state index in [0.29, 0.717) is 17.9 Å². The number of carbonyl (C=O) groups excluding carboxylic acids is 1. The van der Waals surface area contributed by atoms with Gasteiger partial charge in [0.1, 0.15) is 5.82 Å². The van der Waals surface area contributed by atoms with Gasteiger partial charge in [-0.1, -0.05) is 24.3 Å². The summed E-state index contributed by atoms with van der Waals surface area (Å²) >= 11 is 0. The Hall–Kier alpha value is -3.47. The third kappa shape index (κ3) is 3.72. The van der Waals surface area contributed by atoms with E-state index in [4.69, 9.17) is 0 Å². The molecule has 0 fully saturated rings. The van der Waals surface area contributed by atoms with Crippen LogP contribution in [0.25, 0.3) is 11.0 Å². The van der Waals surface area contributed by atoms with Crippen LogP contribution in [0.4, 0.5) is 5.82 Å². The van der Waals surface area contributed by atoms with Crippen molar-refractivity contribution in [2.45, 2.75) is 20.4 Å². The summed E-state index contributed by atoms with van der Waals surface area (Å²) in [6.07, 6.45) is 1.84. The summed E-state index contributed by atoms with van der Waals surface area (Å²) in [6.45, 7) is 4.61. The number of nitrogens with zero attached hydrogens (tertiary/aromatic N) is 3. The lowest BCUT2D eigenvalue weighted by Gasteiger charge is -2.08. The number of hydrogen-bond donors (Lipinski definition) is 1. The maximum atomic E-state index is 12.5. The number of amides is 1. The van der Waals surface area contributed by atoms with Gasteiger partial charge < -0.3 is 9.88 Å². The summed E-state index contributed by atoms with van der Waals surface area (Å²) in [5.74, 6) is 0.415. The van der Waals surface area contributed by atoms with E-state index in [0.717, 1.165) is 27.9 Å². The quantitative estimate of drug-likeness (QED) is 0.591. The molecular weight excluding hydrogens is 336 g/mol. The van der Waals surface area contributed by atoms with Crippen molar-refractivity contribution in [1.82, 2.24) is 14.5 Å². The Balaban J connectivity index is 1.49. The Morgan fingerprint density at radius 2 is 1.81 bits per heavy atom. The number of rotatable bonds is 4. The van der Waals surface area contributed by atoms with E-state index in [-0.39, 0.29) is 5.91 Å². The molecule has 1 N–H and O–H groups in total. The van der Waals surface area contributed by atoms with Crippen molar-refractivity contribution in [2.75, 3.05) is 5.32 Å². The number of benzene rings is 2. The zero-order valence-corrected chi connectivity index (χ0v) is 15.3. The standard InChI is InChI=1S/C22H20N4O/c1-15-11-16(2)24-21(12-15)25-22(27)18-9-7-17(8-10-18)13-26-14-23-19-5-3-4-6-20(19)26/h3-12,14H,13H2,1-2H3,(H,24,25,27). The second-order valence-corrected chi connectivity index (χ2v) is 6.68. The summed E-state index contributed by atoms with van der Waals surface area (Å²) in [5.41, 5.74) is 5.75. The third-order valence-corrected chi connectivity index (χ3v) is 4.44. The summed E-state index contributed by atoms with van der Waals surface area (Å²) in [7, 11) is 0. The fourth-order valence-electron chi connectivity index (χ4n) is 3.19. The molecule has 5 heteroatoms. The molecule has 0 saturated heterocycles. The first-order valence-corrected chi connectivity index (χ1v) is 8.84. The lowest BCUT2D eigenvalue weighted by molar-refractivity contribution is 0.102. The molecule has 5 nitrogen and oxygen atoms in total. The zero-order valence-electron chi connectivity index (χ0n) is 15.3. The van der Waals surface area contributed by atoms with Crippen LogP contribution in [-0.2, 0) is 6.54 Å². The normalized spacial score (nSPS) is 10.9. The second-order valence-electron chi connectivity index (χ2n) is 6.68. The van der Waals surface area contributed by atoms with Gasteiger partial charge >= 0.3 is 0 Å². The molecule has 27 heavy (non-hydrogen) atoms. The minimum Gasteiger partial charge on any atom is -0.326 e. The number of hydrogen-bond acceptors (Lipinski definition) is 3. The minimum absolute atomic E-state index is 0.160. The highest BCUT2D eigenvalue weighted by Crippen LogP contribution is 2.15. The van der Waals surface area contributed by atoms with Gasteiger partial charge in [-0.2, -0.15) is 0 Å². The largest absolute Gasteiger partial charge is 0.326 e. The average molecular weight is 356 g/mol. The molecule has 0 spiro atoms. The van der Waals surface area contributed by atoms with Crippen LogP contribution in [0.15, 0.2) is 67.0 Å². The van der Waals surface area contributed by atoms with Crippen LogP contribution in [-0.4, -0.2) is 20.4 Å². The van der Waals surface area contributed by atoms with Crippen molar-refractivity contribution in [1.29, 1.82) is 0 Å². The smallest absolute Gasteiger partial charge is 0.256 e. The summed E-state index contributed by atoms with van der Waals surface area (Å²) in [4.78, 5) is 21.2. The maximum absolute atomic E-state index is 12.5. The number of aryl methyl sites for hydroxylation is 2. The lowest BCUT2D eigenvalue weighted by Crippen LogP contribution is -2.13.